The van der Waals surface area contributed by atoms with Crippen molar-refractivity contribution >= 4 is 0 Å². The van der Waals surface area contributed by atoms with E-state index in [4.69, 9.17) is 0 Å². The van der Waals surface area contributed by atoms with Gasteiger partial charge < -0.3 is 5.11 Å². The predicted molar refractivity (Wildman–Crippen MR) is 60.9 cm³/mol. The molecule has 15 heavy (non-hydrogen) atoms. The second-order valence-corrected chi connectivity index (χ2v) is 4.28. The molecule has 0 aromatic carbocycles. The van der Waals surface area contributed by atoms with Crippen molar-refractivity contribution < 1.29 is 5.11 Å². The molecule has 0 aliphatic heterocycles. The molecule has 0 bridgehead atoms. The monoisotopic (exact) mass is 208 g/mol. The van der Waals surface area contributed by atoms with Crippen molar-refractivity contribution in [3.05, 3.63) is 23.3 Å². The Kier molecular flexibility index (Phi) is 4.21. The lowest BCUT2D eigenvalue weighted by Crippen LogP contribution is -2.12. The molecule has 1 atom stereocenters. The number of nitrogens with zero attached hydrogens (tertiary/aromatic N) is 2. The molecule has 3 heteroatoms. The summed E-state index contributed by atoms with van der Waals surface area (Å²) in [5, 5.41) is 9.57. The lowest BCUT2D eigenvalue weighted by Gasteiger charge is -2.10. The second-order valence-electron chi connectivity index (χ2n) is 4.28. The SMILES string of the molecule is CCC(O)Cc1cc(C)nc(C(C)C)n1. The first-order chi connectivity index (χ1) is 7.02. The number of rotatable bonds is 4. The summed E-state index contributed by atoms with van der Waals surface area (Å²) >= 11 is 0. The van der Waals surface area contributed by atoms with E-state index < -0.39 is 0 Å². The van der Waals surface area contributed by atoms with Crippen molar-refractivity contribution in [3.63, 3.8) is 0 Å². The van der Waals surface area contributed by atoms with Crippen LogP contribution in [-0.4, -0.2) is 21.2 Å². The van der Waals surface area contributed by atoms with Gasteiger partial charge in [0.05, 0.1) is 6.10 Å². The first kappa shape index (κ1) is 12.1. The Morgan fingerprint density at radius 2 is 2.00 bits per heavy atom. The molecule has 0 radical (unpaired) electrons. The van der Waals surface area contributed by atoms with Gasteiger partial charge in [0.2, 0.25) is 0 Å². The lowest BCUT2D eigenvalue weighted by atomic mass is 10.1. The molecular formula is C12H20N2O. The van der Waals surface area contributed by atoms with Gasteiger partial charge in [-0.3, -0.25) is 0 Å². The minimum atomic E-state index is -0.292. The largest absolute Gasteiger partial charge is 0.393 e. The minimum Gasteiger partial charge on any atom is -0.393 e. The molecule has 1 aromatic rings. The fourth-order valence-corrected chi connectivity index (χ4v) is 1.41. The Balaban J connectivity index is 2.88. The zero-order chi connectivity index (χ0) is 11.4. The average Bonchev–Trinajstić information content (AvgIpc) is 2.16. The smallest absolute Gasteiger partial charge is 0.131 e. The highest BCUT2D eigenvalue weighted by atomic mass is 16.3. The van der Waals surface area contributed by atoms with Crippen LogP contribution in [-0.2, 0) is 6.42 Å². The Morgan fingerprint density at radius 1 is 1.33 bits per heavy atom. The zero-order valence-corrected chi connectivity index (χ0v) is 9.99. The fraction of sp³-hybridized carbons (Fsp3) is 0.667. The standard InChI is InChI=1S/C12H20N2O/c1-5-11(15)7-10-6-9(4)13-12(14-10)8(2)3/h6,8,11,15H,5,7H2,1-4H3. The van der Waals surface area contributed by atoms with E-state index in [2.05, 4.69) is 23.8 Å². The van der Waals surface area contributed by atoms with Crippen LogP contribution in [0, 0.1) is 6.92 Å². The van der Waals surface area contributed by atoms with Crippen molar-refractivity contribution in [2.24, 2.45) is 0 Å². The highest BCUT2D eigenvalue weighted by Gasteiger charge is 2.09. The number of hydrogen-bond donors (Lipinski definition) is 1. The number of aromatic nitrogens is 2. The Morgan fingerprint density at radius 3 is 2.53 bits per heavy atom. The third-order valence-corrected chi connectivity index (χ3v) is 2.36. The second kappa shape index (κ2) is 5.21. The van der Waals surface area contributed by atoms with Gasteiger partial charge in [-0.1, -0.05) is 20.8 Å². The van der Waals surface area contributed by atoms with Crippen molar-refractivity contribution in [2.75, 3.05) is 0 Å². The van der Waals surface area contributed by atoms with E-state index in [0.717, 1.165) is 23.6 Å². The summed E-state index contributed by atoms with van der Waals surface area (Å²) in [6.07, 6.45) is 1.10. The highest BCUT2D eigenvalue weighted by molar-refractivity contribution is 5.12. The fourth-order valence-electron chi connectivity index (χ4n) is 1.41. The van der Waals surface area contributed by atoms with Crippen molar-refractivity contribution in [3.8, 4) is 0 Å². The normalized spacial score (nSPS) is 13.2. The van der Waals surface area contributed by atoms with Crippen LogP contribution in [0.1, 0.15) is 50.3 Å². The molecule has 1 rings (SSSR count). The Labute approximate surface area is 91.6 Å². The predicted octanol–water partition coefficient (Wildman–Crippen LogP) is 2.22. The summed E-state index contributed by atoms with van der Waals surface area (Å²) in [6, 6.07) is 1.95. The first-order valence-corrected chi connectivity index (χ1v) is 5.55. The van der Waals surface area contributed by atoms with Gasteiger partial charge in [-0.05, 0) is 19.4 Å². The van der Waals surface area contributed by atoms with Crippen molar-refractivity contribution in [1.29, 1.82) is 0 Å². The van der Waals surface area contributed by atoms with Crippen LogP contribution in [0.15, 0.2) is 6.07 Å². The van der Waals surface area contributed by atoms with Crippen LogP contribution in [0.25, 0.3) is 0 Å². The van der Waals surface area contributed by atoms with Crippen molar-refractivity contribution in [2.45, 2.75) is 52.6 Å². The maximum Gasteiger partial charge on any atom is 0.131 e. The van der Waals surface area contributed by atoms with E-state index in [1.165, 1.54) is 0 Å². The van der Waals surface area contributed by atoms with Gasteiger partial charge in [0.1, 0.15) is 5.82 Å². The van der Waals surface area contributed by atoms with Crippen LogP contribution in [0.2, 0.25) is 0 Å². The molecule has 0 aliphatic carbocycles. The molecule has 0 saturated carbocycles. The molecule has 3 nitrogen and oxygen atoms in total. The quantitative estimate of drug-likeness (QED) is 0.825. The molecule has 0 aliphatic rings. The number of aryl methyl sites for hydroxylation is 1. The lowest BCUT2D eigenvalue weighted by molar-refractivity contribution is 0.169. The summed E-state index contributed by atoms with van der Waals surface area (Å²) in [7, 11) is 0. The maximum atomic E-state index is 9.57. The molecule has 0 saturated heterocycles. The topological polar surface area (TPSA) is 46.0 Å². The van der Waals surface area contributed by atoms with E-state index >= 15 is 0 Å². The van der Waals surface area contributed by atoms with Gasteiger partial charge in [-0.2, -0.15) is 0 Å². The van der Waals surface area contributed by atoms with Crippen LogP contribution in [0.5, 0.6) is 0 Å². The van der Waals surface area contributed by atoms with Gasteiger partial charge in [0.25, 0.3) is 0 Å². The van der Waals surface area contributed by atoms with E-state index in [0.29, 0.717) is 12.3 Å². The molecule has 1 N–H and O–H groups in total. The third-order valence-electron chi connectivity index (χ3n) is 2.36. The zero-order valence-electron chi connectivity index (χ0n) is 9.99. The van der Waals surface area contributed by atoms with Gasteiger partial charge in [-0.15, -0.1) is 0 Å². The van der Waals surface area contributed by atoms with E-state index in [9.17, 15) is 5.11 Å². The number of aliphatic hydroxyl groups is 1. The number of aliphatic hydroxyl groups excluding tert-OH is 1. The summed E-state index contributed by atoms with van der Waals surface area (Å²) in [5.74, 6) is 1.20. The van der Waals surface area contributed by atoms with Crippen LogP contribution in [0.3, 0.4) is 0 Å². The van der Waals surface area contributed by atoms with E-state index in [1.807, 2.05) is 19.9 Å². The molecule has 1 aromatic heterocycles. The molecule has 0 fully saturated rings. The molecule has 1 heterocycles. The summed E-state index contributed by atoms with van der Waals surface area (Å²) in [6.45, 7) is 8.10. The van der Waals surface area contributed by atoms with Crippen LogP contribution < -0.4 is 0 Å². The Bertz CT molecular complexity index is 323. The molecule has 84 valence electrons. The van der Waals surface area contributed by atoms with Gasteiger partial charge in [0.15, 0.2) is 0 Å². The van der Waals surface area contributed by atoms with Crippen LogP contribution >= 0.6 is 0 Å². The molecular weight excluding hydrogens is 188 g/mol. The number of hydrogen-bond acceptors (Lipinski definition) is 3. The van der Waals surface area contributed by atoms with Gasteiger partial charge in [-0.25, -0.2) is 9.97 Å². The summed E-state index contributed by atoms with van der Waals surface area (Å²) in [5.41, 5.74) is 1.92. The Hall–Kier alpha value is -0.960. The minimum absolute atomic E-state index is 0.292. The highest BCUT2D eigenvalue weighted by Crippen LogP contribution is 2.12. The van der Waals surface area contributed by atoms with Gasteiger partial charge >= 0.3 is 0 Å². The first-order valence-electron chi connectivity index (χ1n) is 5.55. The molecule has 0 amide bonds. The summed E-state index contributed by atoms with van der Waals surface area (Å²) in [4.78, 5) is 8.82. The molecule has 1 unspecified atom stereocenters. The summed E-state index contributed by atoms with van der Waals surface area (Å²) < 4.78 is 0. The third kappa shape index (κ3) is 3.59. The average molecular weight is 208 g/mol. The van der Waals surface area contributed by atoms with Gasteiger partial charge in [0, 0.05) is 23.7 Å². The van der Waals surface area contributed by atoms with E-state index in [-0.39, 0.29) is 6.10 Å². The van der Waals surface area contributed by atoms with E-state index in [1.54, 1.807) is 0 Å². The van der Waals surface area contributed by atoms with Crippen molar-refractivity contribution in [1.82, 2.24) is 9.97 Å². The molecule has 0 spiro atoms. The van der Waals surface area contributed by atoms with Crippen LogP contribution in [0.4, 0.5) is 0 Å². The maximum absolute atomic E-state index is 9.57.